The summed E-state index contributed by atoms with van der Waals surface area (Å²) in [6, 6.07) is 10.7. The Morgan fingerprint density at radius 2 is 1.83 bits per heavy atom. The van der Waals surface area contributed by atoms with Crippen LogP contribution in [0.1, 0.15) is 37.0 Å². The second-order valence-corrected chi connectivity index (χ2v) is 8.90. The van der Waals surface area contributed by atoms with Gasteiger partial charge in [0.1, 0.15) is 5.75 Å². The Labute approximate surface area is 171 Å². The summed E-state index contributed by atoms with van der Waals surface area (Å²) >= 11 is 0. The van der Waals surface area contributed by atoms with E-state index < -0.39 is 16.0 Å². The van der Waals surface area contributed by atoms with Crippen molar-refractivity contribution >= 4 is 27.4 Å². The van der Waals surface area contributed by atoms with Crippen LogP contribution in [-0.4, -0.2) is 39.2 Å². The number of piperidine rings is 1. The van der Waals surface area contributed by atoms with Crippen molar-refractivity contribution in [3.63, 3.8) is 0 Å². The maximum absolute atomic E-state index is 12.9. The number of carboxylic acids is 1. The molecule has 0 spiro atoms. The van der Waals surface area contributed by atoms with E-state index in [0.717, 1.165) is 25.9 Å². The molecule has 0 unspecified atom stereocenters. The first-order valence-corrected chi connectivity index (χ1v) is 11.2. The van der Waals surface area contributed by atoms with Gasteiger partial charge in [0.2, 0.25) is 0 Å². The minimum absolute atomic E-state index is 0.0310. The van der Waals surface area contributed by atoms with E-state index in [1.165, 1.54) is 24.3 Å². The largest absolute Gasteiger partial charge is 0.494 e. The van der Waals surface area contributed by atoms with Crippen molar-refractivity contribution < 1.29 is 23.1 Å². The van der Waals surface area contributed by atoms with Crippen LogP contribution in [0.15, 0.2) is 47.4 Å². The van der Waals surface area contributed by atoms with Gasteiger partial charge in [-0.15, -0.1) is 0 Å². The molecule has 3 rings (SSSR count). The summed E-state index contributed by atoms with van der Waals surface area (Å²) in [6.07, 6.45) is 2.01. The molecule has 0 atom stereocenters. The Kier molecular flexibility index (Phi) is 6.32. The Balaban J connectivity index is 1.92. The molecular weight excluding hydrogens is 392 g/mol. The van der Waals surface area contributed by atoms with Crippen molar-refractivity contribution in [2.45, 2.75) is 31.6 Å². The van der Waals surface area contributed by atoms with Gasteiger partial charge in [-0.25, -0.2) is 13.2 Å². The summed E-state index contributed by atoms with van der Waals surface area (Å²) < 4.78 is 33.8. The summed E-state index contributed by atoms with van der Waals surface area (Å²) in [4.78, 5) is 13.6. The molecule has 2 aromatic rings. The number of hydrogen-bond donors (Lipinski definition) is 2. The average molecular weight is 419 g/mol. The molecule has 1 aliphatic rings. The van der Waals surface area contributed by atoms with Crippen molar-refractivity contribution in [2.75, 3.05) is 29.3 Å². The third kappa shape index (κ3) is 5.00. The SMILES string of the molecule is CCOc1ccc(S(=O)(=O)Nc2cc(C(=O)O)ccc2N2CCC(C)CC2)cc1. The molecule has 0 amide bonds. The van der Waals surface area contributed by atoms with Crippen LogP contribution in [0.4, 0.5) is 11.4 Å². The molecule has 2 aromatic carbocycles. The second kappa shape index (κ2) is 8.73. The fourth-order valence-corrected chi connectivity index (χ4v) is 4.43. The van der Waals surface area contributed by atoms with E-state index in [1.807, 2.05) is 6.92 Å². The maximum Gasteiger partial charge on any atom is 0.335 e. The Bertz CT molecular complexity index is 965. The van der Waals surface area contributed by atoms with Crippen LogP contribution in [0.2, 0.25) is 0 Å². The monoisotopic (exact) mass is 418 g/mol. The number of sulfonamides is 1. The van der Waals surface area contributed by atoms with Gasteiger partial charge < -0.3 is 14.7 Å². The number of carboxylic acid groups (broad SMARTS) is 1. The molecule has 0 aliphatic carbocycles. The number of aromatic carboxylic acids is 1. The molecule has 1 fully saturated rings. The fourth-order valence-electron chi connectivity index (χ4n) is 3.36. The van der Waals surface area contributed by atoms with E-state index in [2.05, 4.69) is 16.5 Å². The molecular formula is C21H26N2O5S. The van der Waals surface area contributed by atoms with E-state index in [9.17, 15) is 18.3 Å². The van der Waals surface area contributed by atoms with Crippen LogP contribution in [0, 0.1) is 5.92 Å². The van der Waals surface area contributed by atoms with Gasteiger partial charge >= 0.3 is 5.97 Å². The number of hydrogen-bond acceptors (Lipinski definition) is 5. The minimum Gasteiger partial charge on any atom is -0.494 e. The minimum atomic E-state index is -3.88. The van der Waals surface area contributed by atoms with Gasteiger partial charge in [0.05, 0.1) is 28.4 Å². The standard InChI is InChI=1S/C21H26N2O5S/c1-3-28-17-5-7-18(8-6-17)29(26,27)22-19-14-16(21(24)25)4-9-20(19)23-12-10-15(2)11-13-23/h4-9,14-15,22H,3,10-13H2,1-2H3,(H,24,25). The molecule has 0 radical (unpaired) electrons. The topological polar surface area (TPSA) is 95.9 Å². The molecule has 7 nitrogen and oxygen atoms in total. The Hall–Kier alpha value is -2.74. The lowest BCUT2D eigenvalue weighted by atomic mass is 9.98. The highest BCUT2D eigenvalue weighted by atomic mass is 32.2. The first kappa shape index (κ1) is 21.0. The van der Waals surface area contributed by atoms with E-state index >= 15 is 0 Å². The predicted molar refractivity (Wildman–Crippen MR) is 112 cm³/mol. The van der Waals surface area contributed by atoms with Gasteiger partial charge in [-0.1, -0.05) is 6.92 Å². The smallest absolute Gasteiger partial charge is 0.335 e. The average Bonchev–Trinajstić information content (AvgIpc) is 2.69. The zero-order valence-corrected chi connectivity index (χ0v) is 17.4. The van der Waals surface area contributed by atoms with E-state index in [1.54, 1.807) is 18.2 Å². The molecule has 29 heavy (non-hydrogen) atoms. The third-order valence-electron chi connectivity index (χ3n) is 5.06. The van der Waals surface area contributed by atoms with Gasteiger partial charge in [-0.2, -0.15) is 0 Å². The Morgan fingerprint density at radius 1 is 1.17 bits per heavy atom. The number of nitrogens with zero attached hydrogens (tertiary/aromatic N) is 1. The van der Waals surface area contributed by atoms with Crippen LogP contribution in [0.25, 0.3) is 0 Å². The van der Waals surface area contributed by atoms with Gasteiger partial charge in [-0.3, -0.25) is 4.72 Å². The first-order valence-electron chi connectivity index (χ1n) is 9.68. The second-order valence-electron chi connectivity index (χ2n) is 7.22. The predicted octanol–water partition coefficient (Wildman–Crippen LogP) is 3.82. The summed E-state index contributed by atoms with van der Waals surface area (Å²) in [5.74, 6) is 0.0984. The summed E-state index contributed by atoms with van der Waals surface area (Å²) in [6.45, 7) is 6.13. The van der Waals surface area contributed by atoms with Crippen LogP contribution in [0.3, 0.4) is 0 Å². The van der Waals surface area contributed by atoms with Gasteiger partial charge in [0.15, 0.2) is 0 Å². The lowest BCUT2D eigenvalue weighted by Crippen LogP contribution is -2.33. The molecule has 156 valence electrons. The quantitative estimate of drug-likeness (QED) is 0.710. The molecule has 0 aromatic heterocycles. The van der Waals surface area contributed by atoms with Gasteiger partial charge in [-0.05, 0) is 68.1 Å². The van der Waals surface area contributed by atoms with Crippen molar-refractivity contribution in [3.8, 4) is 5.75 Å². The number of carbonyl (C=O) groups is 1. The third-order valence-corrected chi connectivity index (χ3v) is 6.44. The van der Waals surface area contributed by atoms with E-state index in [4.69, 9.17) is 4.74 Å². The number of benzene rings is 2. The molecule has 2 N–H and O–H groups in total. The molecule has 1 heterocycles. The lowest BCUT2D eigenvalue weighted by molar-refractivity contribution is 0.0697. The van der Waals surface area contributed by atoms with Crippen molar-refractivity contribution in [1.29, 1.82) is 0 Å². The van der Waals surface area contributed by atoms with Crippen molar-refractivity contribution in [2.24, 2.45) is 5.92 Å². The van der Waals surface area contributed by atoms with Crippen LogP contribution in [0.5, 0.6) is 5.75 Å². The first-order chi connectivity index (χ1) is 13.8. The fraction of sp³-hybridized carbons (Fsp3) is 0.381. The van der Waals surface area contributed by atoms with Crippen LogP contribution in [-0.2, 0) is 10.0 Å². The molecule has 0 saturated carbocycles. The van der Waals surface area contributed by atoms with Gasteiger partial charge in [0.25, 0.3) is 10.0 Å². The number of nitrogens with one attached hydrogen (secondary N) is 1. The zero-order valence-electron chi connectivity index (χ0n) is 16.6. The molecule has 1 aliphatic heterocycles. The van der Waals surface area contributed by atoms with Crippen molar-refractivity contribution in [3.05, 3.63) is 48.0 Å². The Morgan fingerprint density at radius 3 is 2.41 bits per heavy atom. The number of rotatable bonds is 7. The highest BCUT2D eigenvalue weighted by molar-refractivity contribution is 7.92. The molecule has 1 saturated heterocycles. The maximum atomic E-state index is 12.9. The van der Waals surface area contributed by atoms with E-state index in [0.29, 0.717) is 24.0 Å². The van der Waals surface area contributed by atoms with E-state index in [-0.39, 0.29) is 16.1 Å². The van der Waals surface area contributed by atoms with Crippen LogP contribution < -0.4 is 14.4 Å². The van der Waals surface area contributed by atoms with Crippen molar-refractivity contribution in [1.82, 2.24) is 0 Å². The summed E-state index contributed by atoms with van der Waals surface area (Å²) in [5.41, 5.74) is 0.994. The highest BCUT2D eigenvalue weighted by Crippen LogP contribution is 2.32. The highest BCUT2D eigenvalue weighted by Gasteiger charge is 2.23. The number of ether oxygens (including phenoxy) is 1. The zero-order chi connectivity index (χ0) is 21.0. The van der Waals surface area contributed by atoms with Crippen LogP contribution >= 0.6 is 0 Å². The number of anilines is 2. The summed E-state index contributed by atoms with van der Waals surface area (Å²) in [7, 11) is -3.88. The molecule has 0 bridgehead atoms. The summed E-state index contributed by atoms with van der Waals surface area (Å²) in [5, 5.41) is 9.34. The lowest BCUT2D eigenvalue weighted by Gasteiger charge is -2.33. The van der Waals surface area contributed by atoms with Gasteiger partial charge in [0, 0.05) is 13.1 Å². The molecule has 8 heteroatoms. The normalized spacial score (nSPS) is 15.2.